The third kappa shape index (κ3) is 3.66. The van der Waals surface area contributed by atoms with Crippen molar-refractivity contribution in [3.8, 4) is 11.3 Å². The van der Waals surface area contributed by atoms with Gasteiger partial charge in [-0.3, -0.25) is 9.36 Å². The standard InChI is InChI=1S/C21H19N3O2S/c1-2-12-24-20(25)16-10-6-7-11-17(16)23-21(24)27-14-19-22-13-18(26-19)15-8-4-3-5-9-15/h3-11,13H,2,12,14H2,1H3. The molecule has 5 nitrogen and oxygen atoms in total. The number of oxazole rings is 1. The topological polar surface area (TPSA) is 60.9 Å². The third-order valence-corrected chi connectivity index (χ3v) is 5.17. The molecule has 0 N–H and O–H groups in total. The number of benzene rings is 2. The quantitative estimate of drug-likeness (QED) is 0.358. The largest absolute Gasteiger partial charge is 0.440 e. The molecular weight excluding hydrogens is 358 g/mol. The third-order valence-electron chi connectivity index (χ3n) is 4.21. The van der Waals surface area contributed by atoms with Crippen LogP contribution in [0.2, 0.25) is 0 Å². The van der Waals surface area contributed by atoms with Gasteiger partial charge >= 0.3 is 0 Å². The fourth-order valence-corrected chi connectivity index (χ4v) is 3.80. The first-order chi connectivity index (χ1) is 13.3. The smallest absolute Gasteiger partial charge is 0.262 e. The normalized spacial score (nSPS) is 11.1. The Labute approximate surface area is 161 Å². The monoisotopic (exact) mass is 377 g/mol. The molecule has 0 amide bonds. The molecule has 27 heavy (non-hydrogen) atoms. The van der Waals surface area contributed by atoms with Crippen LogP contribution < -0.4 is 5.56 Å². The van der Waals surface area contributed by atoms with E-state index in [0.717, 1.165) is 23.3 Å². The Balaban J connectivity index is 1.61. The number of aromatic nitrogens is 3. The van der Waals surface area contributed by atoms with Crippen molar-refractivity contribution in [2.45, 2.75) is 30.8 Å². The van der Waals surface area contributed by atoms with Gasteiger partial charge in [-0.1, -0.05) is 61.2 Å². The van der Waals surface area contributed by atoms with Gasteiger partial charge in [0, 0.05) is 12.1 Å². The van der Waals surface area contributed by atoms with Crippen molar-refractivity contribution < 1.29 is 4.42 Å². The Morgan fingerprint density at radius 3 is 2.67 bits per heavy atom. The minimum atomic E-state index is 0.00216. The number of para-hydroxylation sites is 1. The molecule has 136 valence electrons. The number of hydrogen-bond acceptors (Lipinski definition) is 5. The van der Waals surface area contributed by atoms with Gasteiger partial charge in [0.25, 0.3) is 5.56 Å². The van der Waals surface area contributed by atoms with Crippen molar-refractivity contribution in [3.63, 3.8) is 0 Å². The summed E-state index contributed by atoms with van der Waals surface area (Å²) in [7, 11) is 0. The molecule has 2 aromatic heterocycles. The molecule has 6 heteroatoms. The van der Waals surface area contributed by atoms with Crippen LogP contribution in [0.25, 0.3) is 22.2 Å². The van der Waals surface area contributed by atoms with Crippen LogP contribution in [0.3, 0.4) is 0 Å². The van der Waals surface area contributed by atoms with Crippen molar-refractivity contribution >= 4 is 22.7 Å². The molecule has 0 unspecified atom stereocenters. The Morgan fingerprint density at radius 2 is 1.85 bits per heavy atom. The Morgan fingerprint density at radius 1 is 1.07 bits per heavy atom. The van der Waals surface area contributed by atoms with Crippen LogP contribution in [0.4, 0.5) is 0 Å². The summed E-state index contributed by atoms with van der Waals surface area (Å²) < 4.78 is 7.61. The molecule has 0 aliphatic heterocycles. The lowest BCUT2D eigenvalue weighted by Crippen LogP contribution is -2.23. The fourth-order valence-electron chi connectivity index (χ4n) is 2.92. The Hall–Kier alpha value is -2.86. The van der Waals surface area contributed by atoms with E-state index in [9.17, 15) is 4.79 Å². The number of thioether (sulfide) groups is 1. The number of fused-ring (bicyclic) bond motifs is 1. The van der Waals surface area contributed by atoms with Crippen LogP contribution >= 0.6 is 11.8 Å². The van der Waals surface area contributed by atoms with Gasteiger partial charge in [0.15, 0.2) is 10.9 Å². The molecule has 2 aromatic carbocycles. The summed E-state index contributed by atoms with van der Waals surface area (Å²) in [6, 6.07) is 17.3. The van der Waals surface area contributed by atoms with Gasteiger partial charge in [-0.15, -0.1) is 0 Å². The predicted molar refractivity (Wildman–Crippen MR) is 108 cm³/mol. The van der Waals surface area contributed by atoms with E-state index >= 15 is 0 Å². The second-order valence-corrected chi connectivity index (χ2v) is 7.08. The molecule has 0 saturated heterocycles. The van der Waals surface area contributed by atoms with Gasteiger partial charge in [-0.25, -0.2) is 9.97 Å². The average molecular weight is 377 g/mol. The molecule has 4 rings (SSSR count). The van der Waals surface area contributed by atoms with Crippen LogP contribution in [0, 0.1) is 0 Å². The predicted octanol–water partition coefficient (Wildman–Crippen LogP) is 4.75. The van der Waals surface area contributed by atoms with Crippen LogP contribution in [-0.2, 0) is 12.3 Å². The Kier molecular flexibility index (Phi) is 5.07. The molecule has 0 aliphatic carbocycles. The summed E-state index contributed by atoms with van der Waals surface area (Å²) in [4.78, 5) is 21.9. The molecule has 0 spiro atoms. The van der Waals surface area contributed by atoms with Gasteiger partial charge in [-0.05, 0) is 18.6 Å². The van der Waals surface area contributed by atoms with Crippen molar-refractivity contribution in [2.24, 2.45) is 0 Å². The second-order valence-electron chi connectivity index (χ2n) is 6.14. The van der Waals surface area contributed by atoms with Crippen molar-refractivity contribution in [2.75, 3.05) is 0 Å². The second kappa shape index (κ2) is 7.80. The molecule has 0 radical (unpaired) electrons. The maximum atomic E-state index is 12.8. The lowest BCUT2D eigenvalue weighted by Gasteiger charge is -2.11. The summed E-state index contributed by atoms with van der Waals surface area (Å²) in [5.41, 5.74) is 1.71. The van der Waals surface area contributed by atoms with Crippen LogP contribution in [0.1, 0.15) is 19.2 Å². The highest BCUT2D eigenvalue weighted by atomic mass is 32.2. The van der Waals surface area contributed by atoms with E-state index in [2.05, 4.69) is 11.9 Å². The molecule has 4 aromatic rings. The molecule has 0 bridgehead atoms. The molecular formula is C21H19N3O2S. The van der Waals surface area contributed by atoms with Gasteiger partial charge in [0.1, 0.15) is 0 Å². The summed E-state index contributed by atoms with van der Waals surface area (Å²) in [6.07, 6.45) is 2.60. The minimum absolute atomic E-state index is 0.00216. The van der Waals surface area contributed by atoms with Crippen molar-refractivity contribution in [1.29, 1.82) is 0 Å². The first kappa shape index (κ1) is 17.5. The fraction of sp³-hybridized carbons (Fsp3) is 0.190. The lowest BCUT2D eigenvalue weighted by atomic mass is 10.2. The first-order valence-electron chi connectivity index (χ1n) is 8.89. The number of rotatable bonds is 6. The van der Waals surface area contributed by atoms with Gasteiger partial charge < -0.3 is 4.42 Å². The maximum absolute atomic E-state index is 12.8. The molecule has 2 heterocycles. The number of hydrogen-bond donors (Lipinski definition) is 0. The van der Waals surface area contributed by atoms with Crippen LogP contribution in [-0.4, -0.2) is 14.5 Å². The zero-order chi connectivity index (χ0) is 18.6. The number of nitrogens with zero attached hydrogens (tertiary/aromatic N) is 3. The van der Waals surface area contributed by atoms with E-state index in [-0.39, 0.29) is 5.56 Å². The van der Waals surface area contributed by atoms with E-state index in [1.54, 1.807) is 10.8 Å². The lowest BCUT2D eigenvalue weighted by molar-refractivity contribution is 0.528. The highest BCUT2D eigenvalue weighted by molar-refractivity contribution is 7.98. The zero-order valence-electron chi connectivity index (χ0n) is 15.0. The molecule has 0 fully saturated rings. The Bertz CT molecular complexity index is 1120. The van der Waals surface area contributed by atoms with Gasteiger partial charge in [0.2, 0.25) is 5.89 Å². The molecule has 0 atom stereocenters. The maximum Gasteiger partial charge on any atom is 0.262 e. The van der Waals surface area contributed by atoms with E-state index in [1.165, 1.54) is 11.8 Å². The van der Waals surface area contributed by atoms with Crippen molar-refractivity contribution in [1.82, 2.24) is 14.5 Å². The van der Waals surface area contributed by atoms with Gasteiger partial charge in [0.05, 0.1) is 22.9 Å². The average Bonchev–Trinajstić information content (AvgIpc) is 3.19. The molecule has 0 aliphatic rings. The summed E-state index contributed by atoms with van der Waals surface area (Å²) in [5, 5.41) is 1.35. The highest BCUT2D eigenvalue weighted by Crippen LogP contribution is 2.25. The first-order valence-corrected chi connectivity index (χ1v) is 9.87. The van der Waals surface area contributed by atoms with E-state index in [0.29, 0.717) is 28.7 Å². The van der Waals surface area contributed by atoms with Crippen LogP contribution in [0.15, 0.2) is 75.2 Å². The van der Waals surface area contributed by atoms with E-state index < -0.39 is 0 Å². The van der Waals surface area contributed by atoms with E-state index in [1.807, 2.05) is 54.6 Å². The van der Waals surface area contributed by atoms with Crippen LogP contribution in [0.5, 0.6) is 0 Å². The van der Waals surface area contributed by atoms with Gasteiger partial charge in [-0.2, -0.15) is 0 Å². The summed E-state index contributed by atoms with van der Waals surface area (Å²) >= 11 is 1.47. The molecule has 0 saturated carbocycles. The zero-order valence-corrected chi connectivity index (χ0v) is 15.8. The SMILES string of the molecule is CCCn1c(SCc2ncc(-c3ccccc3)o2)nc2ccccc2c1=O. The van der Waals surface area contributed by atoms with E-state index in [4.69, 9.17) is 9.40 Å². The van der Waals surface area contributed by atoms with Crippen molar-refractivity contribution in [3.05, 3.63) is 77.0 Å². The highest BCUT2D eigenvalue weighted by Gasteiger charge is 2.13. The summed E-state index contributed by atoms with van der Waals surface area (Å²) in [6.45, 7) is 2.69. The minimum Gasteiger partial charge on any atom is -0.440 e. The summed E-state index contributed by atoms with van der Waals surface area (Å²) in [5.74, 6) is 1.87.